The van der Waals surface area contributed by atoms with Gasteiger partial charge in [-0.1, -0.05) is 19.9 Å². The normalized spacial score (nSPS) is 13.1. The summed E-state index contributed by atoms with van der Waals surface area (Å²) in [5.74, 6) is 0. The van der Waals surface area contributed by atoms with E-state index in [9.17, 15) is 21.6 Å². The van der Waals surface area contributed by atoms with Gasteiger partial charge in [-0.05, 0) is 11.6 Å². The lowest BCUT2D eigenvalue weighted by atomic mass is 10.2. The van der Waals surface area contributed by atoms with E-state index in [0.717, 1.165) is 12.6 Å². The molecule has 0 atom stereocenters. The molecule has 0 amide bonds. The summed E-state index contributed by atoms with van der Waals surface area (Å²) in [6.07, 6.45) is -3.26. The summed E-state index contributed by atoms with van der Waals surface area (Å²) in [5, 5.41) is 2.72. The Kier molecular flexibility index (Phi) is 5.71. The van der Waals surface area contributed by atoms with E-state index in [1.165, 1.54) is 18.3 Å². The molecule has 0 aliphatic carbocycles. The molecule has 1 aromatic heterocycles. The van der Waals surface area contributed by atoms with Gasteiger partial charge < -0.3 is 5.32 Å². The first-order chi connectivity index (χ1) is 9.52. The molecule has 0 aliphatic rings. The van der Waals surface area contributed by atoms with E-state index in [1.807, 2.05) is 13.8 Å². The van der Waals surface area contributed by atoms with Crippen molar-refractivity contribution in [3.8, 4) is 0 Å². The van der Waals surface area contributed by atoms with Gasteiger partial charge >= 0.3 is 6.18 Å². The van der Waals surface area contributed by atoms with Crippen LogP contribution in [0.25, 0.3) is 0 Å². The number of pyridine rings is 1. The van der Waals surface area contributed by atoms with Crippen molar-refractivity contribution in [2.45, 2.75) is 37.6 Å². The molecule has 0 unspecified atom stereocenters. The van der Waals surface area contributed by atoms with Crippen LogP contribution in [-0.2, 0) is 16.6 Å². The number of rotatable bonds is 6. The van der Waals surface area contributed by atoms with Crippen LogP contribution in [0.2, 0.25) is 0 Å². The number of hydrogen-bond donors (Lipinski definition) is 1. The number of halogens is 3. The zero-order valence-corrected chi connectivity index (χ0v) is 12.8. The van der Waals surface area contributed by atoms with E-state index in [0.29, 0.717) is 6.54 Å². The van der Waals surface area contributed by atoms with Gasteiger partial charge in [-0.25, -0.2) is 13.4 Å². The second kappa shape index (κ2) is 6.71. The summed E-state index contributed by atoms with van der Waals surface area (Å²) >= 11 is 0. The highest BCUT2D eigenvalue weighted by Crippen LogP contribution is 2.20. The van der Waals surface area contributed by atoms with Crippen molar-refractivity contribution >= 4 is 10.0 Å². The summed E-state index contributed by atoms with van der Waals surface area (Å²) in [4.78, 5) is 3.74. The number of nitrogens with one attached hydrogen (secondary N) is 1. The predicted molar refractivity (Wildman–Crippen MR) is 72.1 cm³/mol. The maximum absolute atomic E-state index is 12.3. The second-order valence-electron chi connectivity index (χ2n) is 4.92. The molecule has 0 fully saturated rings. The van der Waals surface area contributed by atoms with Crippen molar-refractivity contribution < 1.29 is 21.6 Å². The lowest BCUT2D eigenvalue weighted by Crippen LogP contribution is -2.36. The van der Waals surface area contributed by atoms with E-state index in [-0.39, 0.29) is 10.3 Å². The van der Waals surface area contributed by atoms with Crippen LogP contribution in [0.3, 0.4) is 0 Å². The number of alkyl halides is 3. The van der Waals surface area contributed by atoms with Crippen LogP contribution >= 0.6 is 0 Å². The fraction of sp³-hybridized carbons (Fsp3) is 0.583. The van der Waals surface area contributed by atoms with Crippen molar-refractivity contribution in [1.82, 2.24) is 14.6 Å². The van der Waals surface area contributed by atoms with Gasteiger partial charge in [0.2, 0.25) is 0 Å². The SMILES string of the molecule is CC(C)NCc1ccc(S(=O)(=O)N(C)CC(F)(F)F)nc1. The molecule has 1 rings (SSSR count). The Morgan fingerprint density at radius 1 is 1.33 bits per heavy atom. The van der Waals surface area contributed by atoms with E-state index in [1.54, 1.807) is 0 Å². The quantitative estimate of drug-likeness (QED) is 0.866. The first kappa shape index (κ1) is 17.9. The molecule has 1 N–H and O–H groups in total. The number of hydrogen-bond acceptors (Lipinski definition) is 4. The van der Waals surface area contributed by atoms with Crippen molar-refractivity contribution in [1.29, 1.82) is 0 Å². The van der Waals surface area contributed by atoms with Crippen LogP contribution in [0.1, 0.15) is 19.4 Å². The fourth-order valence-corrected chi connectivity index (χ4v) is 2.55. The molecule has 120 valence electrons. The van der Waals surface area contributed by atoms with E-state index in [2.05, 4.69) is 10.3 Å². The van der Waals surface area contributed by atoms with Crippen molar-refractivity contribution in [3.63, 3.8) is 0 Å². The third-order valence-corrected chi connectivity index (χ3v) is 4.31. The predicted octanol–water partition coefficient (Wildman–Crippen LogP) is 1.76. The summed E-state index contributed by atoms with van der Waals surface area (Å²) < 4.78 is 60.9. The van der Waals surface area contributed by atoms with E-state index >= 15 is 0 Å². The number of aromatic nitrogens is 1. The smallest absolute Gasteiger partial charge is 0.310 e. The van der Waals surface area contributed by atoms with Crippen molar-refractivity contribution in [2.24, 2.45) is 0 Å². The van der Waals surface area contributed by atoms with Gasteiger partial charge in [-0.2, -0.15) is 17.5 Å². The molecule has 0 radical (unpaired) electrons. The van der Waals surface area contributed by atoms with Crippen LogP contribution in [-0.4, -0.2) is 43.5 Å². The third kappa shape index (κ3) is 5.60. The highest BCUT2D eigenvalue weighted by atomic mass is 32.2. The lowest BCUT2D eigenvalue weighted by molar-refractivity contribution is -0.134. The Morgan fingerprint density at radius 3 is 2.38 bits per heavy atom. The average Bonchev–Trinajstić information content (AvgIpc) is 2.34. The Morgan fingerprint density at radius 2 is 1.95 bits per heavy atom. The van der Waals surface area contributed by atoms with Gasteiger partial charge in [0.05, 0.1) is 0 Å². The molecule has 0 aromatic carbocycles. The Hall–Kier alpha value is -1.19. The van der Waals surface area contributed by atoms with Gasteiger partial charge in [-0.3, -0.25) is 0 Å². The zero-order chi connectivity index (χ0) is 16.3. The maximum atomic E-state index is 12.3. The molecule has 0 saturated heterocycles. The largest absolute Gasteiger partial charge is 0.402 e. The molecular weight excluding hydrogens is 307 g/mol. The topological polar surface area (TPSA) is 62.3 Å². The van der Waals surface area contributed by atoms with Crippen LogP contribution in [0.15, 0.2) is 23.4 Å². The molecule has 0 bridgehead atoms. The highest BCUT2D eigenvalue weighted by molar-refractivity contribution is 7.89. The number of nitrogens with zero attached hydrogens (tertiary/aromatic N) is 2. The molecule has 0 saturated carbocycles. The standard InChI is InChI=1S/C12H18F3N3O2S/c1-9(2)16-6-10-4-5-11(17-7-10)21(19,20)18(3)8-12(13,14)15/h4-5,7,9,16H,6,8H2,1-3H3. The minimum atomic E-state index is -4.59. The minimum absolute atomic E-state index is 0.237. The van der Waals surface area contributed by atoms with Gasteiger partial charge in [0.15, 0.2) is 5.03 Å². The van der Waals surface area contributed by atoms with E-state index in [4.69, 9.17) is 0 Å². The first-order valence-corrected chi connectivity index (χ1v) is 7.68. The monoisotopic (exact) mass is 325 g/mol. The minimum Gasteiger partial charge on any atom is -0.310 e. The Labute approximate surface area is 122 Å². The summed E-state index contributed by atoms with van der Waals surface area (Å²) in [7, 11) is -3.36. The van der Waals surface area contributed by atoms with Crippen LogP contribution < -0.4 is 5.32 Å². The number of sulfonamides is 1. The van der Waals surface area contributed by atoms with Gasteiger partial charge in [-0.15, -0.1) is 0 Å². The molecule has 5 nitrogen and oxygen atoms in total. The van der Waals surface area contributed by atoms with Crippen molar-refractivity contribution in [3.05, 3.63) is 23.9 Å². The maximum Gasteiger partial charge on any atom is 0.402 e. The summed E-state index contributed by atoms with van der Waals surface area (Å²) in [5.41, 5.74) is 0.751. The molecular formula is C12H18F3N3O2S. The third-order valence-electron chi connectivity index (χ3n) is 2.59. The Balaban J connectivity index is 2.85. The van der Waals surface area contributed by atoms with Crippen molar-refractivity contribution in [2.75, 3.05) is 13.6 Å². The van der Waals surface area contributed by atoms with Gasteiger partial charge in [0, 0.05) is 25.8 Å². The van der Waals surface area contributed by atoms with Crippen LogP contribution in [0, 0.1) is 0 Å². The summed E-state index contributed by atoms with van der Waals surface area (Å²) in [6.45, 7) is 2.87. The molecule has 1 aromatic rings. The summed E-state index contributed by atoms with van der Waals surface area (Å²) in [6, 6.07) is 2.99. The molecule has 0 aliphatic heterocycles. The van der Waals surface area contributed by atoms with Gasteiger partial charge in [0.25, 0.3) is 10.0 Å². The zero-order valence-electron chi connectivity index (χ0n) is 12.0. The molecule has 0 spiro atoms. The van der Waals surface area contributed by atoms with Gasteiger partial charge in [0.1, 0.15) is 6.54 Å². The highest BCUT2D eigenvalue weighted by Gasteiger charge is 2.35. The van der Waals surface area contributed by atoms with Crippen LogP contribution in [0.4, 0.5) is 13.2 Å². The average molecular weight is 325 g/mol. The van der Waals surface area contributed by atoms with E-state index < -0.39 is 27.8 Å². The molecule has 1 heterocycles. The lowest BCUT2D eigenvalue weighted by Gasteiger charge is -2.18. The first-order valence-electron chi connectivity index (χ1n) is 6.24. The fourth-order valence-electron chi connectivity index (χ4n) is 1.49. The second-order valence-corrected chi connectivity index (χ2v) is 6.91. The molecule has 21 heavy (non-hydrogen) atoms. The van der Waals surface area contributed by atoms with Crippen LogP contribution in [0.5, 0.6) is 0 Å². The Bertz CT molecular complexity index is 556. The molecule has 9 heteroatoms.